The molecule has 0 saturated heterocycles. The van der Waals surface area contributed by atoms with Gasteiger partial charge in [-0.25, -0.2) is 0 Å². The molecule has 1 unspecified atom stereocenters. The van der Waals surface area contributed by atoms with Gasteiger partial charge in [-0.3, -0.25) is 24.4 Å². The Morgan fingerprint density at radius 3 is 2.50 bits per heavy atom. The number of hydrogen-bond acceptors (Lipinski definition) is 7. The molecule has 1 aliphatic carbocycles. The lowest BCUT2D eigenvalue weighted by Gasteiger charge is -2.30. The summed E-state index contributed by atoms with van der Waals surface area (Å²) in [4.78, 5) is 46.0. The first-order chi connectivity index (χ1) is 15.8. The van der Waals surface area contributed by atoms with Gasteiger partial charge in [-0.2, -0.15) is 0 Å². The summed E-state index contributed by atoms with van der Waals surface area (Å²) in [6.45, 7) is 12.6. The van der Waals surface area contributed by atoms with Crippen LogP contribution in [0, 0.1) is 28.6 Å². The van der Waals surface area contributed by atoms with E-state index in [2.05, 4.69) is 21.9 Å². The van der Waals surface area contributed by atoms with Crippen LogP contribution >= 0.6 is 0 Å². The number of nitrogens with zero attached hydrogens (tertiary/aromatic N) is 2. The van der Waals surface area contributed by atoms with E-state index in [0.717, 1.165) is 0 Å². The Morgan fingerprint density at radius 1 is 1.26 bits per heavy atom. The maximum atomic E-state index is 13.2. The van der Waals surface area contributed by atoms with Crippen molar-refractivity contribution in [3.05, 3.63) is 42.4 Å². The van der Waals surface area contributed by atoms with Crippen molar-refractivity contribution in [2.75, 3.05) is 0 Å². The lowest BCUT2D eigenvalue weighted by Crippen LogP contribution is -2.39. The van der Waals surface area contributed by atoms with Crippen LogP contribution in [0.3, 0.4) is 0 Å². The second kappa shape index (κ2) is 11.4. The number of aliphatic imine (C=N–C) groups is 1. The highest BCUT2D eigenvalue weighted by Gasteiger charge is 2.41. The Morgan fingerprint density at radius 2 is 1.94 bits per heavy atom. The molecule has 4 atom stereocenters. The molecule has 0 aliphatic heterocycles. The standard InChI is InChI=1S/C26H36N4O4/c1-15(30-16(2)25(34)29-14-19-9-7-8-10-28-19)21-13-20(32)11-18(21)12-22(33)23(26(4,5)6)24(27)17(3)31/h7-10,18,20-21,23,27,32H,2,11-14H2,1,3-6H3,(H,29,34)/b27-24?,30-15+/t18?,20-,21-,23-/m0/s1. The Bertz CT molecular complexity index is 978. The SMILES string of the molecule is C=C(/N=C(\C)[C@@H]1C[C@@H](O)CC1CC(=O)[C@@H](C(=N)C(C)=O)C(C)(C)C)C(=O)NCc1ccccn1. The van der Waals surface area contributed by atoms with E-state index in [4.69, 9.17) is 5.41 Å². The van der Waals surface area contributed by atoms with Crippen LogP contribution in [0.25, 0.3) is 0 Å². The third kappa shape index (κ3) is 7.25. The van der Waals surface area contributed by atoms with Gasteiger partial charge in [0, 0.05) is 31.2 Å². The topological polar surface area (TPSA) is 133 Å². The number of aliphatic hydroxyl groups excluding tert-OH is 1. The first-order valence-electron chi connectivity index (χ1n) is 11.5. The number of rotatable bonds is 10. The van der Waals surface area contributed by atoms with Crippen LogP contribution in [0.5, 0.6) is 0 Å². The molecule has 0 spiro atoms. The van der Waals surface area contributed by atoms with Gasteiger partial charge in [0.05, 0.1) is 30.0 Å². The number of aromatic nitrogens is 1. The van der Waals surface area contributed by atoms with Crippen LogP contribution in [-0.4, -0.2) is 45.1 Å². The van der Waals surface area contributed by atoms with Gasteiger partial charge in [-0.05, 0) is 43.2 Å². The van der Waals surface area contributed by atoms with Crippen molar-refractivity contribution in [3.63, 3.8) is 0 Å². The molecule has 34 heavy (non-hydrogen) atoms. The molecule has 0 aromatic carbocycles. The van der Waals surface area contributed by atoms with Gasteiger partial charge in [0.1, 0.15) is 11.5 Å². The van der Waals surface area contributed by atoms with E-state index in [-0.39, 0.29) is 42.0 Å². The predicted molar refractivity (Wildman–Crippen MR) is 132 cm³/mol. The zero-order valence-corrected chi connectivity index (χ0v) is 20.7. The second-order valence-electron chi connectivity index (χ2n) is 10.1. The van der Waals surface area contributed by atoms with Crippen molar-refractivity contribution in [2.24, 2.45) is 28.2 Å². The number of ketones is 2. The van der Waals surface area contributed by atoms with Crippen molar-refractivity contribution >= 4 is 28.9 Å². The summed E-state index contributed by atoms with van der Waals surface area (Å²) in [6, 6.07) is 5.43. The summed E-state index contributed by atoms with van der Waals surface area (Å²) >= 11 is 0. The number of amides is 1. The molecule has 1 amide bonds. The zero-order chi connectivity index (χ0) is 25.6. The molecular formula is C26H36N4O4. The average Bonchev–Trinajstić information content (AvgIpc) is 3.11. The highest BCUT2D eigenvalue weighted by molar-refractivity contribution is 6.42. The molecule has 3 N–H and O–H groups in total. The molecule has 8 nitrogen and oxygen atoms in total. The monoisotopic (exact) mass is 468 g/mol. The lowest BCUT2D eigenvalue weighted by atomic mass is 9.71. The van der Waals surface area contributed by atoms with Crippen molar-refractivity contribution in [3.8, 4) is 0 Å². The van der Waals surface area contributed by atoms with E-state index in [1.165, 1.54) is 6.92 Å². The molecule has 8 heteroatoms. The first-order valence-corrected chi connectivity index (χ1v) is 11.5. The summed E-state index contributed by atoms with van der Waals surface area (Å²) in [5.74, 6) is -2.22. The van der Waals surface area contributed by atoms with Gasteiger partial charge in [0.15, 0.2) is 5.78 Å². The third-order valence-electron chi connectivity index (χ3n) is 6.26. The van der Waals surface area contributed by atoms with Crippen molar-refractivity contribution in [1.29, 1.82) is 5.41 Å². The van der Waals surface area contributed by atoms with E-state index in [9.17, 15) is 19.5 Å². The van der Waals surface area contributed by atoms with Gasteiger partial charge in [0.25, 0.3) is 5.91 Å². The molecule has 1 saturated carbocycles. The van der Waals surface area contributed by atoms with E-state index < -0.39 is 29.1 Å². The van der Waals surface area contributed by atoms with Gasteiger partial charge < -0.3 is 15.8 Å². The minimum absolute atomic E-state index is 0.0471. The van der Waals surface area contributed by atoms with Crippen LogP contribution in [0.2, 0.25) is 0 Å². The number of hydrogen-bond donors (Lipinski definition) is 3. The van der Waals surface area contributed by atoms with E-state index in [1.54, 1.807) is 25.3 Å². The molecule has 1 aromatic heterocycles. The molecule has 2 rings (SSSR count). The quantitative estimate of drug-likeness (QED) is 0.358. The number of nitrogens with one attached hydrogen (secondary N) is 2. The Balaban J connectivity index is 2.10. The molecule has 0 radical (unpaired) electrons. The number of Topliss-reactive ketones (excluding diaryl/α,β-unsaturated/α-hetero) is 2. The van der Waals surface area contributed by atoms with Crippen LogP contribution < -0.4 is 5.32 Å². The van der Waals surface area contributed by atoms with E-state index >= 15 is 0 Å². The Hall–Kier alpha value is -3.00. The van der Waals surface area contributed by atoms with Crippen molar-refractivity contribution in [2.45, 2.75) is 66.5 Å². The molecule has 1 aliphatic rings. The Kier molecular flexibility index (Phi) is 9.15. The summed E-state index contributed by atoms with van der Waals surface area (Å²) in [6.07, 6.45) is 2.05. The normalized spacial score (nSPS) is 21.6. The minimum Gasteiger partial charge on any atom is -0.393 e. The first kappa shape index (κ1) is 27.2. The summed E-state index contributed by atoms with van der Waals surface area (Å²) in [5, 5.41) is 21.2. The van der Waals surface area contributed by atoms with Gasteiger partial charge in [-0.15, -0.1) is 0 Å². The fraction of sp³-hybridized carbons (Fsp3) is 0.538. The fourth-order valence-corrected chi connectivity index (χ4v) is 4.61. The van der Waals surface area contributed by atoms with Crippen molar-refractivity contribution in [1.82, 2.24) is 10.3 Å². The summed E-state index contributed by atoms with van der Waals surface area (Å²) in [7, 11) is 0. The predicted octanol–water partition coefficient (Wildman–Crippen LogP) is 3.29. The van der Waals surface area contributed by atoms with E-state index in [1.807, 2.05) is 26.8 Å². The summed E-state index contributed by atoms with van der Waals surface area (Å²) < 4.78 is 0. The maximum Gasteiger partial charge on any atom is 0.269 e. The van der Waals surface area contributed by atoms with Crippen LogP contribution in [-0.2, 0) is 20.9 Å². The largest absolute Gasteiger partial charge is 0.393 e. The highest BCUT2D eigenvalue weighted by atomic mass is 16.3. The van der Waals surface area contributed by atoms with Gasteiger partial charge in [-0.1, -0.05) is 33.4 Å². The number of carbonyl (C=O) groups is 3. The van der Waals surface area contributed by atoms with Gasteiger partial charge >= 0.3 is 0 Å². The number of aliphatic hydroxyl groups is 1. The summed E-state index contributed by atoms with van der Waals surface area (Å²) in [5.41, 5.74) is 0.629. The molecule has 1 aromatic rings. The van der Waals surface area contributed by atoms with E-state index in [0.29, 0.717) is 24.2 Å². The molecule has 1 fully saturated rings. The lowest BCUT2D eigenvalue weighted by molar-refractivity contribution is -0.125. The van der Waals surface area contributed by atoms with Crippen molar-refractivity contribution < 1.29 is 19.5 Å². The molecule has 1 heterocycles. The number of pyridine rings is 1. The maximum absolute atomic E-state index is 13.2. The van der Waals surface area contributed by atoms with Crippen LogP contribution in [0.4, 0.5) is 0 Å². The van der Waals surface area contributed by atoms with Gasteiger partial charge in [0.2, 0.25) is 0 Å². The van der Waals surface area contributed by atoms with Crippen LogP contribution in [0.1, 0.15) is 59.6 Å². The average molecular weight is 469 g/mol. The zero-order valence-electron chi connectivity index (χ0n) is 20.7. The fourth-order valence-electron chi connectivity index (χ4n) is 4.61. The minimum atomic E-state index is -0.812. The third-order valence-corrected chi connectivity index (χ3v) is 6.26. The Labute approximate surface area is 201 Å². The molecule has 184 valence electrons. The number of carbonyl (C=O) groups excluding carboxylic acids is 3. The van der Waals surface area contributed by atoms with Crippen LogP contribution in [0.15, 0.2) is 41.7 Å². The highest BCUT2D eigenvalue weighted by Crippen LogP contribution is 2.38. The molecular weight excluding hydrogens is 432 g/mol. The molecule has 0 bridgehead atoms. The smallest absolute Gasteiger partial charge is 0.269 e. The second-order valence-corrected chi connectivity index (χ2v) is 10.1.